The molecule has 0 atom stereocenters. The van der Waals surface area contributed by atoms with E-state index in [1.165, 1.54) is 0 Å². The highest BCUT2D eigenvalue weighted by molar-refractivity contribution is 5.90. The maximum Gasteiger partial charge on any atom is 0.356 e. The molecule has 0 aliphatic carbocycles. The lowest BCUT2D eigenvalue weighted by Gasteiger charge is -2.06. The maximum absolute atomic E-state index is 11.8. The van der Waals surface area contributed by atoms with Gasteiger partial charge in [0.2, 0.25) is 5.91 Å². The molecule has 102 valence electrons. The van der Waals surface area contributed by atoms with Gasteiger partial charge in [-0.3, -0.25) is 9.59 Å². The van der Waals surface area contributed by atoms with Crippen molar-refractivity contribution in [3.8, 4) is 0 Å². The van der Waals surface area contributed by atoms with Crippen molar-refractivity contribution in [3.63, 3.8) is 0 Å². The molecule has 20 heavy (non-hydrogen) atoms. The molecule has 7 nitrogen and oxygen atoms in total. The fraction of sp³-hybridized carbons (Fsp3) is 0.0769. The van der Waals surface area contributed by atoms with Gasteiger partial charge in [-0.2, -0.15) is 5.10 Å². The lowest BCUT2D eigenvalue weighted by molar-refractivity contribution is -0.117. The Labute approximate surface area is 113 Å². The van der Waals surface area contributed by atoms with Crippen molar-refractivity contribution in [1.29, 1.82) is 0 Å². The molecule has 2 rings (SSSR count). The summed E-state index contributed by atoms with van der Waals surface area (Å²) >= 11 is 0. The number of nitrogens with one attached hydrogen (secondary N) is 1. The third-order valence-corrected chi connectivity index (χ3v) is 2.44. The molecule has 2 aromatic rings. The highest BCUT2D eigenvalue weighted by Gasteiger charge is 2.10. The molecule has 0 spiro atoms. The second-order valence-electron chi connectivity index (χ2n) is 3.93. The van der Waals surface area contributed by atoms with E-state index in [-0.39, 0.29) is 12.2 Å². The summed E-state index contributed by atoms with van der Waals surface area (Å²) in [7, 11) is 0. The van der Waals surface area contributed by atoms with Crippen LogP contribution >= 0.6 is 0 Å². The van der Waals surface area contributed by atoms with Gasteiger partial charge >= 0.3 is 5.97 Å². The molecule has 0 aliphatic heterocycles. The number of hydrogen-bond donors (Lipinski definition) is 2. The number of hydrogen-bond acceptors (Lipinski definition) is 4. The first-order chi connectivity index (χ1) is 9.56. The summed E-state index contributed by atoms with van der Waals surface area (Å²) in [6.07, 6.45) is 0. The van der Waals surface area contributed by atoms with E-state index in [2.05, 4.69) is 10.4 Å². The molecule has 7 heteroatoms. The Kier molecular flexibility index (Phi) is 3.90. The predicted molar refractivity (Wildman–Crippen MR) is 70.5 cm³/mol. The SMILES string of the molecule is O=C(Cn1nc(C(=O)O)ccc1=O)Nc1ccccc1. The molecule has 1 aromatic heterocycles. The lowest BCUT2D eigenvalue weighted by atomic mass is 10.3. The minimum atomic E-state index is -1.26. The van der Waals surface area contributed by atoms with Gasteiger partial charge in [0.25, 0.3) is 5.56 Å². The summed E-state index contributed by atoms with van der Waals surface area (Å²) in [6, 6.07) is 10.9. The minimum Gasteiger partial charge on any atom is -0.476 e. The molecule has 0 radical (unpaired) electrons. The zero-order valence-electron chi connectivity index (χ0n) is 10.3. The molecular weight excluding hydrogens is 262 g/mol. The first kappa shape index (κ1) is 13.5. The van der Waals surface area contributed by atoms with Crippen LogP contribution in [-0.4, -0.2) is 26.8 Å². The van der Waals surface area contributed by atoms with Gasteiger partial charge in [0, 0.05) is 11.8 Å². The highest BCUT2D eigenvalue weighted by atomic mass is 16.4. The molecule has 0 aliphatic rings. The van der Waals surface area contributed by atoms with Gasteiger partial charge in [0.1, 0.15) is 6.54 Å². The van der Waals surface area contributed by atoms with Crippen LogP contribution in [0.3, 0.4) is 0 Å². The third-order valence-electron chi connectivity index (χ3n) is 2.44. The lowest BCUT2D eigenvalue weighted by Crippen LogP contribution is -2.30. The summed E-state index contributed by atoms with van der Waals surface area (Å²) in [5, 5.41) is 15.0. The first-order valence-corrected chi connectivity index (χ1v) is 5.72. The van der Waals surface area contributed by atoms with Crippen LogP contribution in [0.15, 0.2) is 47.3 Å². The number of benzene rings is 1. The van der Waals surface area contributed by atoms with Crippen molar-refractivity contribution in [2.24, 2.45) is 0 Å². The Morgan fingerprint density at radius 3 is 2.50 bits per heavy atom. The normalized spacial score (nSPS) is 10.0. The molecule has 0 bridgehead atoms. The fourth-order valence-electron chi connectivity index (χ4n) is 1.53. The summed E-state index contributed by atoms with van der Waals surface area (Å²) in [5.41, 5.74) is -0.254. The second-order valence-corrected chi connectivity index (χ2v) is 3.93. The first-order valence-electron chi connectivity index (χ1n) is 5.72. The molecular formula is C13H11N3O4. The number of carboxylic acids is 1. The van der Waals surface area contributed by atoms with Gasteiger partial charge in [0.15, 0.2) is 5.69 Å². The van der Waals surface area contributed by atoms with E-state index in [0.717, 1.165) is 16.8 Å². The number of carboxylic acid groups (broad SMARTS) is 1. The smallest absolute Gasteiger partial charge is 0.356 e. The van der Waals surface area contributed by atoms with Gasteiger partial charge in [0.05, 0.1) is 0 Å². The summed E-state index contributed by atoms with van der Waals surface area (Å²) in [6.45, 7) is -0.352. The van der Waals surface area contributed by atoms with Crippen LogP contribution in [0.4, 0.5) is 5.69 Å². The zero-order chi connectivity index (χ0) is 14.5. The van der Waals surface area contributed by atoms with Crippen molar-refractivity contribution < 1.29 is 14.7 Å². The van der Waals surface area contributed by atoms with E-state index in [0.29, 0.717) is 5.69 Å². The molecule has 0 fully saturated rings. The zero-order valence-corrected chi connectivity index (χ0v) is 10.3. The number of amides is 1. The molecule has 1 amide bonds. The van der Waals surface area contributed by atoms with Crippen molar-refractivity contribution in [1.82, 2.24) is 9.78 Å². The molecule has 2 N–H and O–H groups in total. The number of anilines is 1. The number of aromatic nitrogens is 2. The van der Waals surface area contributed by atoms with Gasteiger partial charge in [-0.15, -0.1) is 0 Å². The van der Waals surface area contributed by atoms with Crippen LogP contribution in [0, 0.1) is 0 Å². The van der Waals surface area contributed by atoms with Crippen LogP contribution in [0.1, 0.15) is 10.5 Å². The van der Waals surface area contributed by atoms with E-state index in [1.54, 1.807) is 30.3 Å². The second kappa shape index (κ2) is 5.79. The standard InChI is InChI=1S/C13H11N3O4/c17-11(14-9-4-2-1-3-5-9)8-16-12(18)7-6-10(15-16)13(19)20/h1-7H,8H2,(H,14,17)(H,19,20). The number of carbonyl (C=O) groups excluding carboxylic acids is 1. The predicted octanol–water partition coefficient (Wildman–Crippen LogP) is 0.580. The Morgan fingerprint density at radius 1 is 1.15 bits per heavy atom. The maximum atomic E-state index is 11.8. The van der Waals surface area contributed by atoms with Gasteiger partial charge in [-0.25, -0.2) is 9.48 Å². The van der Waals surface area contributed by atoms with E-state index in [4.69, 9.17) is 5.11 Å². The number of rotatable bonds is 4. The van der Waals surface area contributed by atoms with E-state index in [9.17, 15) is 14.4 Å². The van der Waals surface area contributed by atoms with E-state index >= 15 is 0 Å². The summed E-state index contributed by atoms with van der Waals surface area (Å²) in [5.74, 6) is -1.73. The number of carbonyl (C=O) groups is 2. The molecule has 1 heterocycles. The highest BCUT2D eigenvalue weighted by Crippen LogP contribution is 2.04. The van der Waals surface area contributed by atoms with Crippen LogP contribution in [-0.2, 0) is 11.3 Å². The van der Waals surface area contributed by atoms with Crippen molar-refractivity contribution >= 4 is 17.6 Å². The molecule has 1 aromatic carbocycles. The Balaban J connectivity index is 2.13. The molecule has 0 unspecified atom stereocenters. The molecule has 0 saturated heterocycles. The number of aromatic carboxylic acids is 1. The van der Waals surface area contributed by atoms with Crippen molar-refractivity contribution in [2.75, 3.05) is 5.32 Å². The largest absolute Gasteiger partial charge is 0.476 e. The van der Waals surface area contributed by atoms with Crippen molar-refractivity contribution in [2.45, 2.75) is 6.54 Å². The number of nitrogens with zero attached hydrogens (tertiary/aromatic N) is 2. The van der Waals surface area contributed by atoms with E-state index < -0.39 is 17.4 Å². The third kappa shape index (κ3) is 3.29. The molecule has 0 saturated carbocycles. The van der Waals surface area contributed by atoms with Crippen molar-refractivity contribution in [3.05, 3.63) is 58.5 Å². The minimum absolute atomic E-state index is 0.294. The van der Waals surface area contributed by atoms with Crippen LogP contribution < -0.4 is 10.9 Å². The summed E-state index contributed by atoms with van der Waals surface area (Å²) < 4.78 is 0.807. The van der Waals surface area contributed by atoms with E-state index in [1.807, 2.05) is 0 Å². The monoisotopic (exact) mass is 273 g/mol. The quantitative estimate of drug-likeness (QED) is 0.848. The Morgan fingerprint density at radius 2 is 1.85 bits per heavy atom. The fourth-order valence-corrected chi connectivity index (χ4v) is 1.53. The van der Waals surface area contributed by atoms with Gasteiger partial charge in [-0.05, 0) is 18.2 Å². The average Bonchev–Trinajstić information content (AvgIpc) is 2.42. The average molecular weight is 273 g/mol. The van der Waals surface area contributed by atoms with Gasteiger partial charge in [-0.1, -0.05) is 18.2 Å². The topological polar surface area (TPSA) is 101 Å². The van der Waals surface area contributed by atoms with Crippen LogP contribution in [0.25, 0.3) is 0 Å². The van der Waals surface area contributed by atoms with Crippen LogP contribution in [0.2, 0.25) is 0 Å². The number of para-hydroxylation sites is 1. The van der Waals surface area contributed by atoms with Gasteiger partial charge < -0.3 is 10.4 Å². The Hall–Kier alpha value is -2.96. The summed E-state index contributed by atoms with van der Waals surface area (Å²) in [4.78, 5) is 34.0. The Bertz CT molecular complexity index is 694. The van der Waals surface area contributed by atoms with Crippen LogP contribution in [0.5, 0.6) is 0 Å².